The van der Waals surface area contributed by atoms with Crippen LogP contribution < -0.4 is 15.6 Å². The van der Waals surface area contributed by atoms with Crippen molar-refractivity contribution in [3.8, 4) is 22.7 Å². The molecule has 1 fully saturated rings. The number of aromatic nitrogens is 4. The van der Waals surface area contributed by atoms with Crippen LogP contribution in [0, 0.1) is 13.8 Å². The average Bonchev–Trinajstić information content (AvgIpc) is 3.31. The van der Waals surface area contributed by atoms with E-state index in [2.05, 4.69) is 20.3 Å². The minimum absolute atomic E-state index is 0.170. The summed E-state index contributed by atoms with van der Waals surface area (Å²) in [4.78, 5) is 32.9. The van der Waals surface area contributed by atoms with Gasteiger partial charge in [0.1, 0.15) is 5.69 Å². The molecule has 204 valence electrons. The summed E-state index contributed by atoms with van der Waals surface area (Å²) in [5, 5.41) is 8.17. The number of fused-ring (bicyclic) bond motifs is 1. The van der Waals surface area contributed by atoms with Gasteiger partial charge in [-0.1, -0.05) is 17.7 Å². The molecule has 4 aromatic rings. The Balaban J connectivity index is 1.29. The predicted octanol–water partition coefficient (Wildman–Crippen LogP) is 3.03. The zero-order valence-corrected chi connectivity index (χ0v) is 22.8. The van der Waals surface area contributed by atoms with Crippen LogP contribution in [-0.2, 0) is 9.53 Å². The molecule has 0 radical (unpaired) electrons. The van der Waals surface area contributed by atoms with E-state index < -0.39 is 0 Å². The lowest BCUT2D eigenvalue weighted by atomic mass is 10.1. The molecular weight excluding hydrogens is 520 g/mol. The fourth-order valence-corrected chi connectivity index (χ4v) is 4.85. The molecule has 10 nitrogen and oxygen atoms in total. The molecule has 0 spiro atoms. The number of rotatable bonds is 9. The highest BCUT2D eigenvalue weighted by molar-refractivity contribution is 6.30. The van der Waals surface area contributed by atoms with E-state index in [4.69, 9.17) is 21.1 Å². The highest BCUT2D eigenvalue weighted by Gasteiger charge is 2.19. The summed E-state index contributed by atoms with van der Waals surface area (Å²) in [5.74, 6) is 0.130. The number of ether oxygens (including phenoxy) is 2. The average molecular weight is 551 g/mol. The molecule has 0 saturated carbocycles. The quantitative estimate of drug-likeness (QED) is 0.319. The van der Waals surface area contributed by atoms with Crippen molar-refractivity contribution < 1.29 is 14.3 Å². The number of morpholine rings is 1. The summed E-state index contributed by atoms with van der Waals surface area (Å²) >= 11 is 6.16. The van der Waals surface area contributed by atoms with Gasteiger partial charge in [-0.15, -0.1) is 0 Å². The Labute approximate surface area is 231 Å². The van der Waals surface area contributed by atoms with Crippen LogP contribution in [-0.4, -0.2) is 76.0 Å². The molecule has 3 aromatic heterocycles. The second-order valence-corrected chi connectivity index (χ2v) is 9.89. The molecular formula is C28H31ClN6O4. The van der Waals surface area contributed by atoms with Crippen LogP contribution in [0.4, 0.5) is 0 Å². The number of halogens is 1. The summed E-state index contributed by atoms with van der Waals surface area (Å²) in [5.41, 5.74) is 3.14. The largest absolute Gasteiger partial charge is 0.480 e. The van der Waals surface area contributed by atoms with Gasteiger partial charge in [0, 0.05) is 36.5 Å². The Morgan fingerprint density at radius 3 is 2.77 bits per heavy atom. The van der Waals surface area contributed by atoms with E-state index in [1.165, 1.54) is 4.40 Å². The van der Waals surface area contributed by atoms with Gasteiger partial charge in [0.15, 0.2) is 18.0 Å². The maximum absolute atomic E-state index is 13.6. The van der Waals surface area contributed by atoms with Crippen molar-refractivity contribution in [1.29, 1.82) is 0 Å². The van der Waals surface area contributed by atoms with Crippen molar-refractivity contribution in [2.24, 2.45) is 0 Å². The van der Waals surface area contributed by atoms with Crippen LogP contribution in [0.5, 0.6) is 5.75 Å². The molecule has 1 aliphatic rings. The molecule has 1 aromatic carbocycles. The first-order chi connectivity index (χ1) is 18.9. The van der Waals surface area contributed by atoms with Crippen molar-refractivity contribution >= 4 is 23.2 Å². The normalized spacial score (nSPS) is 14.0. The fraction of sp³-hybridized carbons (Fsp3) is 0.357. The van der Waals surface area contributed by atoms with Crippen LogP contribution in [0.15, 0.2) is 53.5 Å². The molecule has 0 bridgehead atoms. The number of nitrogens with one attached hydrogen (secondary N) is 1. The van der Waals surface area contributed by atoms with Gasteiger partial charge >= 0.3 is 0 Å². The van der Waals surface area contributed by atoms with Gasteiger partial charge in [0.2, 0.25) is 0 Å². The maximum atomic E-state index is 13.6. The Kier molecular flexibility index (Phi) is 8.25. The number of amides is 1. The fourth-order valence-electron chi connectivity index (χ4n) is 4.67. The second kappa shape index (κ2) is 12.0. The van der Waals surface area contributed by atoms with Gasteiger partial charge in [-0.3, -0.25) is 18.9 Å². The van der Waals surface area contributed by atoms with Crippen molar-refractivity contribution in [1.82, 2.24) is 29.4 Å². The summed E-state index contributed by atoms with van der Waals surface area (Å²) in [7, 11) is 0. The third-order valence-electron chi connectivity index (χ3n) is 6.63. The number of carbonyl (C=O) groups excluding carboxylic acids is 1. The van der Waals surface area contributed by atoms with Crippen LogP contribution in [0.25, 0.3) is 22.6 Å². The molecule has 1 N–H and O–H groups in total. The van der Waals surface area contributed by atoms with Gasteiger partial charge in [0.25, 0.3) is 11.5 Å². The Bertz CT molecular complexity index is 1540. The maximum Gasteiger partial charge on any atom is 0.267 e. The molecule has 1 amide bonds. The highest BCUT2D eigenvalue weighted by Crippen LogP contribution is 2.24. The van der Waals surface area contributed by atoms with Crippen molar-refractivity contribution in [2.75, 3.05) is 46.0 Å². The van der Waals surface area contributed by atoms with E-state index in [0.717, 1.165) is 50.7 Å². The Morgan fingerprint density at radius 1 is 1.15 bits per heavy atom. The summed E-state index contributed by atoms with van der Waals surface area (Å²) in [6, 6.07) is 12.6. The minimum Gasteiger partial charge on any atom is -0.480 e. The molecule has 0 atom stereocenters. The molecule has 4 heterocycles. The van der Waals surface area contributed by atoms with Crippen molar-refractivity contribution in [2.45, 2.75) is 20.3 Å². The number of hydrogen-bond acceptors (Lipinski definition) is 7. The number of aryl methyl sites for hydroxylation is 2. The van der Waals surface area contributed by atoms with Crippen LogP contribution in [0.3, 0.4) is 0 Å². The number of carbonyl (C=O) groups is 1. The molecule has 1 saturated heterocycles. The number of hydrogen-bond donors (Lipinski definition) is 1. The van der Waals surface area contributed by atoms with Gasteiger partial charge in [-0.2, -0.15) is 5.10 Å². The van der Waals surface area contributed by atoms with Gasteiger partial charge in [-0.05, 0) is 63.2 Å². The van der Waals surface area contributed by atoms with Gasteiger partial charge < -0.3 is 14.8 Å². The number of nitrogens with zero attached hydrogens (tertiary/aromatic N) is 5. The zero-order chi connectivity index (χ0) is 27.4. The van der Waals surface area contributed by atoms with Gasteiger partial charge in [-0.25, -0.2) is 9.67 Å². The van der Waals surface area contributed by atoms with Crippen LogP contribution in [0.1, 0.15) is 17.8 Å². The Morgan fingerprint density at radius 2 is 1.97 bits per heavy atom. The minimum atomic E-state index is -0.272. The van der Waals surface area contributed by atoms with E-state index in [0.29, 0.717) is 39.9 Å². The molecule has 0 unspecified atom stereocenters. The first-order valence-electron chi connectivity index (χ1n) is 13.0. The van der Waals surface area contributed by atoms with Crippen molar-refractivity contribution in [3.05, 3.63) is 75.4 Å². The summed E-state index contributed by atoms with van der Waals surface area (Å²) < 4.78 is 14.3. The monoisotopic (exact) mass is 550 g/mol. The smallest absolute Gasteiger partial charge is 0.267 e. The lowest BCUT2D eigenvalue weighted by Crippen LogP contribution is -2.38. The third-order valence-corrected chi connectivity index (χ3v) is 6.87. The topological polar surface area (TPSA) is 103 Å². The van der Waals surface area contributed by atoms with Crippen LogP contribution >= 0.6 is 11.6 Å². The number of benzene rings is 1. The summed E-state index contributed by atoms with van der Waals surface area (Å²) in [6.45, 7) is 8.36. The summed E-state index contributed by atoms with van der Waals surface area (Å²) in [6.07, 6.45) is 2.48. The second-order valence-electron chi connectivity index (χ2n) is 9.45. The lowest BCUT2D eigenvalue weighted by Gasteiger charge is -2.26. The third kappa shape index (κ3) is 6.13. The molecule has 0 aliphatic carbocycles. The van der Waals surface area contributed by atoms with Gasteiger partial charge in [0.05, 0.1) is 30.2 Å². The van der Waals surface area contributed by atoms with Crippen LogP contribution in [0.2, 0.25) is 5.02 Å². The standard InChI is InChI=1S/C28H31ClN6O4/c1-19-16-23(32-35(19)22-7-3-6-21(29)17-22)26-20(2)31-27-24(8-4-11-34(27)28(26)37)39-18-25(36)30-9-5-10-33-12-14-38-15-13-33/h3-4,6-8,11,16-17H,5,9-10,12-15,18H2,1-2H3,(H,30,36). The first kappa shape index (κ1) is 26.9. The lowest BCUT2D eigenvalue weighted by molar-refractivity contribution is -0.123. The molecule has 5 rings (SSSR count). The van der Waals surface area contributed by atoms with E-state index >= 15 is 0 Å². The van der Waals surface area contributed by atoms with E-state index in [1.807, 2.05) is 31.2 Å². The molecule has 1 aliphatic heterocycles. The van der Waals surface area contributed by atoms with E-state index in [-0.39, 0.29) is 18.1 Å². The molecule has 11 heteroatoms. The highest BCUT2D eigenvalue weighted by atomic mass is 35.5. The van der Waals surface area contributed by atoms with E-state index in [1.54, 1.807) is 36.0 Å². The zero-order valence-electron chi connectivity index (χ0n) is 22.0. The SMILES string of the molecule is Cc1nc2c(OCC(=O)NCCCN3CCOCC3)cccn2c(=O)c1-c1cc(C)n(-c2cccc(Cl)c2)n1. The van der Waals surface area contributed by atoms with E-state index in [9.17, 15) is 9.59 Å². The first-order valence-corrected chi connectivity index (χ1v) is 13.3. The van der Waals surface area contributed by atoms with Crippen molar-refractivity contribution in [3.63, 3.8) is 0 Å². The predicted molar refractivity (Wildman–Crippen MR) is 149 cm³/mol. The molecule has 39 heavy (non-hydrogen) atoms. The Hall–Kier alpha value is -3.73. The number of pyridine rings is 1.